The maximum absolute atomic E-state index is 15.3. The molecule has 4 aromatic rings. The molecule has 0 saturated carbocycles. The van der Waals surface area contributed by atoms with E-state index in [0.29, 0.717) is 35.8 Å². The first-order valence-corrected chi connectivity index (χ1v) is 23.4. The van der Waals surface area contributed by atoms with Gasteiger partial charge in [0.05, 0.1) is 57.4 Å². The van der Waals surface area contributed by atoms with Crippen molar-refractivity contribution < 1.29 is 33.9 Å². The van der Waals surface area contributed by atoms with Gasteiger partial charge in [-0.3, -0.25) is 24.5 Å². The second-order valence-electron chi connectivity index (χ2n) is 16.5. The first kappa shape index (κ1) is 41.7. The number of carbonyl (C=O) groups excluding carboxylic acids is 3. The SMILES string of the molecule is COc1ccc([Si](C)(C)[C@@H]2[C@@H](CC(=O)N(CCO)Cc3ccccc3)O[C@]3(C(=O)N(Cc4ccc(NC(=O)C5CCCNC5)cc4)c4ccc([N+](=O)[O-])cc43)[C@H]2C)cc1. The molecule has 0 radical (unpaired) electrons. The first-order valence-electron chi connectivity index (χ1n) is 20.3. The number of methoxy groups -OCH3 is 1. The minimum atomic E-state index is -2.65. The molecule has 1 unspecified atom stereocenters. The number of benzene rings is 4. The fourth-order valence-electron chi connectivity index (χ4n) is 9.49. The zero-order chi connectivity index (χ0) is 41.9. The van der Waals surface area contributed by atoms with E-state index in [-0.39, 0.29) is 61.0 Å². The number of carbonyl (C=O) groups is 3. The number of aliphatic hydroxyl groups excluding tert-OH is 1. The van der Waals surface area contributed by atoms with E-state index in [1.807, 2.05) is 85.8 Å². The molecule has 4 aromatic carbocycles. The third kappa shape index (κ3) is 8.27. The van der Waals surface area contributed by atoms with Gasteiger partial charge in [-0.25, -0.2) is 0 Å². The lowest BCUT2D eigenvalue weighted by molar-refractivity contribution is -0.385. The summed E-state index contributed by atoms with van der Waals surface area (Å²) in [6.45, 7) is 8.29. The van der Waals surface area contributed by atoms with Crippen LogP contribution in [0, 0.1) is 22.0 Å². The predicted octanol–water partition coefficient (Wildman–Crippen LogP) is 5.72. The number of hydrogen-bond acceptors (Lipinski definition) is 9. The van der Waals surface area contributed by atoms with Crippen molar-refractivity contribution in [1.29, 1.82) is 0 Å². The number of hydrogen-bond donors (Lipinski definition) is 3. The van der Waals surface area contributed by atoms with Crippen LogP contribution in [0.1, 0.15) is 42.9 Å². The molecular formula is C45H53N5O8Si. The highest BCUT2D eigenvalue weighted by Gasteiger charge is 2.66. The van der Waals surface area contributed by atoms with E-state index in [2.05, 4.69) is 23.7 Å². The van der Waals surface area contributed by atoms with Crippen LogP contribution in [-0.4, -0.2) is 80.2 Å². The molecule has 14 heteroatoms. The number of nitro groups is 1. The van der Waals surface area contributed by atoms with Crippen LogP contribution < -0.4 is 25.5 Å². The maximum Gasteiger partial charge on any atom is 0.269 e. The molecule has 2 fully saturated rings. The molecule has 5 atom stereocenters. The zero-order valence-electron chi connectivity index (χ0n) is 34.1. The van der Waals surface area contributed by atoms with Gasteiger partial charge in [0.2, 0.25) is 11.8 Å². The van der Waals surface area contributed by atoms with Crippen LogP contribution in [0.3, 0.4) is 0 Å². The van der Waals surface area contributed by atoms with Gasteiger partial charge in [0, 0.05) is 48.9 Å². The Balaban J connectivity index is 1.25. The van der Waals surface area contributed by atoms with Crippen molar-refractivity contribution in [3.8, 4) is 5.75 Å². The average molecular weight is 820 g/mol. The molecule has 3 aliphatic heterocycles. The number of ether oxygens (including phenoxy) is 2. The van der Waals surface area contributed by atoms with E-state index < -0.39 is 30.6 Å². The molecular weight excluding hydrogens is 767 g/mol. The average Bonchev–Trinajstić information content (AvgIpc) is 3.67. The summed E-state index contributed by atoms with van der Waals surface area (Å²) in [6, 6.07) is 29.3. The normalized spacial score (nSPS) is 22.6. The molecule has 3 N–H and O–H groups in total. The maximum atomic E-state index is 15.3. The molecule has 13 nitrogen and oxygen atoms in total. The fraction of sp³-hybridized carbons (Fsp3) is 0.400. The van der Waals surface area contributed by atoms with Crippen LogP contribution in [0.4, 0.5) is 17.1 Å². The number of anilines is 2. The van der Waals surface area contributed by atoms with Crippen molar-refractivity contribution in [2.24, 2.45) is 11.8 Å². The number of non-ortho nitro benzene ring substituents is 1. The van der Waals surface area contributed by atoms with Crippen molar-refractivity contribution >= 4 is 48.0 Å². The molecule has 3 aliphatic rings. The highest BCUT2D eigenvalue weighted by Crippen LogP contribution is 2.60. The summed E-state index contributed by atoms with van der Waals surface area (Å²) in [5.41, 5.74) is 1.18. The lowest BCUT2D eigenvalue weighted by Gasteiger charge is -2.37. The standard InChI is InChI=1S/C45H53N5O8Si/c1-30-42(59(3,4)37-19-17-36(57-2)18-20-37)40(26-41(52)48(23-24-51)28-31-9-6-5-7-10-31)58-45(30)38-25-35(50(55)56)16-21-39(38)49(44(45)54)29-32-12-14-34(15-13-32)47-43(53)33-11-8-22-46-27-33/h5-7,9-10,12-21,25,30,33,40,42,46,51H,8,11,22-24,26-29H2,1-4H3,(H,47,53)/t30-,33?,40+,42-,45+/m0/s1. The van der Waals surface area contributed by atoms with E-state index in [1.165, 1.54) is 12.1 Å². The Morgan fingerprint density at radius 1 is 1.05 bits per heavy atom. The van der Waals surface area contributed by atoms with Crippen molar-refractivity contribution in [3.05, 3.63) is 124 Å². The lowest BCUT2D eigenvalue weighted by Crippen LogP contribution is -2.52. The highest BCUT2D eigenvalue weighted by atomic mass is 28.3. The number of rotatable bonds is 14. The number of fused-ring (bicyclic) bond motifs is 2. The lowest BCUT2D eigenvalue weighted by atomic mass is 9.82. The number of aliphatic hydroxyl groups is 1. The minimum absolute atomic E-state index is 0.0345. The molecule has 7 rings (SSSR count). The largest absolute Gasteiger partial charge is 0.497 e. The molecule has 0 aliphatic carbocycles. The number of nitrogens with one attached hydrogen (secondary N) is 2. The van der Waals surface area contributed by atoms with Crippen molar-refractivity contribution in [3.63, 3.8) is 0 Å². The first-order chi connectivity index (χ1) is 28.4. The highest BCUT2D eigenvalue weighted by molar-refractivity contribution is 6.91. The molecule has 59 heavy (non-hydrogen) atoms. The van der Waals surface area contributed by atoms with E-state index in [4.69, 9.17) is 9.47 Å². The van der Waals surface area contributed by atoms with Crippen LogP contribution in [0.15, 0.2) is 97.1 Å². The van der Waals surface area contributed by atoms with Gasteiger partial charge in [-0.2, -0.15) is 0 Å². The monoisotopic (exact) mass is 819 g/mol. The molecule has 1 spiro atoms. The van der Waals surface area contributed by atoms with E-state index in [9.17, 15) is 24.8 Å². The van der Waals surface area contributed by atoms with Crippen LogP contribution in [0.25, 0.3) is 0 Å². The molecule has 0 bridgehead atoms. The number of piperidine rings is 1. The van der Waals surface area contributed by atoms with Crippen molar-refractivity contribution in [2.45, 2.75) is 69.6 Å². The van der Waals surface area contributed by atoms with Gasteiger partial charge < -0.3 is 35.0 Å². The Labute approximate surface area is 345 Å². The molecule has 2 saturated heterocycles. The Kier molecular flexibility index (Phi) is 12.3. The molecule has 310 valence electrons. The predicted molar refractivity (Wildman–Crippen MR) is 228 cm³/mol. The third-order valence-electron chi connectivity index (χ3n) is 12.6. The van der Waals surface area contributed by atoms with E-state index in [1.54, 1.807) is 23.0 Å². The van der Waals surface area contributed by atoms with Gasteiger partial charge in [-0.05, 0) is 66.4 Å². The third-order valence-corrected chi connectivity index (χ3v) is 16.9. The van der Waals surface area contributed by atoms with Gasteiger partial charge in [0.15, 0.2) is 5.60 Å². The number of nitrogens with zero attached hydrogens (tertiary/aromatic N) is 3. The van der Waals surface area contributed by atoms with Crippen LogP contribution in [0.5, 0.6) is 5.75 Å². The van der Waals surface area contributed by atoms with Crippen LogP contribution in [0.2, 0.25) is 18.6 Å². The second kappa shape index (κ2) is 17.4. The molecule has 3 amide bonds. The van der Waals surface area contributed by atoms with Gasteiger partial charge >= 0.3 is 0 Å². The van der Waals surface area contributed by atoms with E-state index in [0.717, 1.165) is 35.7 Å². The Morgan fingerprint density at radius 2 is 1.78 bits per heavy atom. The van der Waals surface area contributed by atoms with Crippen LogP contribution in [-0.2, 0) is 37.8 Å². The van der Waals surface area contributed by atoms with Crippen LogP contribution >= 0.6 is 0 Å². The number of amides is 3. The quantitative estimate of drug-likeness (QED) is 0.0821. The summed E-state index contributed by atoms with van der Waals surface area (Å²) >= 11 is 0. The van der Waals surface area contributed by atoms with E-state index >= 15 is 4.79 Å². The second-order valence-corrected chi connectivity index (χ2v) is 21.2. The van der Waals surface area contributed by atoms with Crippen molar-refractivity contribution in [1.82, 2.24) is 10.2 Å². The summed E-state index contributed by atoms with van der Waals surface area (Å²) in [6.07, 6.45) is 0.983. The minimum Gasteiger partial charge on any atom is -0.497 e. The van der Waals surface area contributed by atoms with Crippen molar-refractivity contribution in [2.75, 3.05) is 43.6 Å². The fourth-order valence-corrected chi connectivity index (χ4v) is 13.5. The Morgan fingerprint density at radius 3 is 2.42 bits per heavy atom. The molecule has 0 aromatic heterocycles. The summed E-state index contributed by atoms with van der Waals surface area (Å²) in [5, 5.41) is 29.7. The number of nitro benzene ring substituents is 1. The Bertz CT molecular complexity index is 2160. The topological polar surface area (TPSA) is 164 Å². The summed E-state index contributed by atoms with van der Waals surface area (Å²) in [5.74, 6) is -0.507. The van der Waals surface area contributed by atoms with Gasteiger partial charge in [0.1, 0.15) is 5.75 Å². The Hall–Kier alpha value is -5.41. The van der Waals surface area contributed by atoms with Gasteiger partial charge in [0.25, 0.3) is 11.6 Å². The zero-order valence-corrected chi connectivity index (χ0v) is 35.1. The van der Waals surface area contributed by atoms with Gasteiger partial charge in [-0.15, -0.1) is 0 Å². The smallest absolute Gasteiger partial charge is 0.269 e. The van der Waals surface area contributed by atoms with Gasteiger partial charge in [-0.1, -0.05) is 79.8 Å². The summed E-state index contributed by atoms with van der Waals surface area (Å²) < 4.78 is 12.6. The summed E-state index contributed by atoms with van der Waals surface area (Å²) in [7, 11) is -1.04. The molecule has 3 heterocycles. The summed E-state index contributed by atoms with van der Waals surface area (Å²) in [4.78, 5) is 57.7.